The molecule has 0 radical (unpaired) electrons. The highest BCUT2D eigenvalue weighted by molar-refractivity contribution is 5.81. The number of amides is 1. The summed E-state index contributed by atoms with van der Waals surface area (Å²) >= 11 is 0. The third kappa shape index (κ3) is 7.05. The minimum atomic E-state index is 0.187. The Morgan fingerprint density at radius 1 is 0.676 bits per heavy atom. The lowest BCUT2D eigenvalue weighted by molar-refractivity contribution is -0.133. The van der Waals surface area contributed by atoms with Gasteiger partial charge in [0.05, 0.1) is 6.04 Å². The van der Waals surface area contributed by atoms with Crippen molar-refractivity contribution < 1.29 is 4.79 Å². The Morgan fingerprint density at radius 3 is 1.59 bits per heavy atom. The average Bonchev–Trinajstić information content (AvgIpc) is 3.50. The Labute approximate surface area is 227 Å². The standard InChI is InChI=1S/C17H25NO.C17H27N/c1-5-15-16(12(2)3)11-18(17(15)19)13(4)14-9-7-6-8-10-14;1-5-15-11-18(12-17(15)13(2)3)14(4)16-9-7-6-8-10-16/h6-10,12-13,15-16H,5,11H2,1-4H3;6-10,13-15,17H,5,11-12H2,1-4H3/t13-,15+,16-;14-,15-,17-/m11/s1. The average molecular weight is 505 g/mol. The van der Waals surface area contributed by atoms with Gasteiger partial charge in [0.15, 0.2) is 0 Å². The molecule has 0 aromatic heterocycles. The first kappa shape index (κ1) is 29.4. The van der Waals surface area contributed by atoms with Crippen molar-refractivity contribution in [1.82, 2.24) is 9.80 Å². The normalized spacial score (nSPS) is 25.9. The Balaban J connectivity index is 0.000000206. The summed E-state index contributed by atoms with van der Waals surface area (Å²) < 4.78 is 0. The number of rotatable bonds is 8. The number of likely N-dealkylation sites (tertiary alicyclic amines) is 2. The molecule has 2 aromatic rings. The van der Waals surface area contributed by atoms with Gasteiger partial charge in [0, 0.05) is 31.6 Å². The summed E-state index contributed by atoms with van der Waals surface area (Å²) in [4.78, 5) is 17.3. The highest BCUT2D eigenvalue weighted by Crippen LogP contribution is 2.38. The molecule has 3 heteroatoms. The lowest BCUT2D eigenvalue weighted by atomic mass is 9.84. The highest BCUT2D eigenvalue weighted by atomic mass is 16.2. The van der Waals surface area contributed by atoms with Crippen LogP contribution in [0.15, 0.2) is 60.7 Å². The third-order valence-electron chi connectivity index (χ3n) is 9.30. The van der Waals surface area contributed by atoms with Crippen molar-refractivity contribution in [2.75, 3.05) is 19.6 Å². The Kier molecular flexibility index (Phi) is 10.8. The fraction of sp³-hybridized carbons (Fsp3) is 0.618. The van der Waals surface area contributed by atoms with Crippen LogP contribution in [0.2, 0.25) is 0 Å². The van der Waals surface area contributed by atoms with Crippen LogP contribution >= 0.6 is 0 Å². The van der Waals surface area contributed by atoms with E-state index in [2.05, 4.69) is 108 Å². The van der Waals surface area contributed by atoms with Crippen LogP contribution in [0.3, 0.4) is 0 Å². The predicted molar refractivity (Wildman–Crippen MR) is 157 cm³/mol. The van der Waals surface area contributed by atoms with Crippen LogP contribution in [0, 0.1) is 35.5 Å². The van der Waals surface area contributed by atoms with E-state index in [1.54, 1.807) is 0 Å². The number of hydrogen-bond donors (Lipinski definition) is 0. The summed E-state index contributed by atoms with van der Waals surface area (Å²) in [6.45, 7) is 21.6. The molecular weight excluding hydrogens is 452 g/mol. The summed E-state index contributed by atoms with van der Waals surface area (Å²) in [6.07, 6.45) is 2.28. The van der Waals surface area contributed by atoms with E-state index in [0.29, 0.717) is 23.8 Å². The number of nitrogens with zero attached hydrogens (tertiary/aromatic N) is 2. The molecule has 0 saturated carbocycles. The molecule has 2 aliphatic rings. The maximum Gasteiger partial charge on any atom is 0.226 e. The molecule has 0 unspecified atom stereocenters. The Morgan fingerprint density at radius 2 is 1.19 bits per heavy atom. The molecule has 4 rings (SSSR count). The second kappa shape index (κ2) is 13.6. The van der Waals surface area contributed by atoms with E-state index >= 15 is 0 Å². The molecular formula is C34H52N2O. The second-order valence-electron chi connectivity index (χ2n) is 12.1. The smallest absolute Gasteiger partial charge is 0.226 e. The van der Waals surface area contributed by atoms with Crippen LogP contribution in [0.1, 0.15) is 91.4 Å². The van der Waals surface area contributed by atoms with Gasteiger partial charge in [-0.25, -0.2) is 0 Å². The number of carbonyl (C=O) groups is 1. The van der Waals surface area contributed by atoms with E-state index in [4.69, 9.17) is 0 Å². The summed E-state index contributed by atoms with van der Waals surface area (Å²) in [7, 11) is 0. The highest BCUT2D eigenvalue weighted by Gasteiger charge is 2.42. The summed E-state index contributed by atoms with van der Waals surface area (Å²) in [5.74, 6) is 4.20. The van der Waals surface area contributed by atoms with Crippen LogP contribution < -0.4 is 0 Å². The first-order valence-corrected chi connectivity index (χ1v) is 14.8. The largest absolute Gasteiger partial charge is 0.335 e. The zero-order valence-electron chi connectivity index (χ0n) is 24.7. The number of carbonyl (C=O) groups excluding carboxylic acids is 1. The quantitative estimate of drug-likeness (QED) is 0.361. The van der Waals surface area contributed by atoms with Gasteiger partial charge < -0.3 is 4.90 Å². The van der Waals surface area contributed by atoms with Crippen LogP contribution in [0.25, 0.3) is 0 Å². The van der Waals surface area contributed by atoms with Gasteiger partial charge in [0.1, 0.15) is 0 Å². The molecule has 2 fully saturated rings. The summed E-state index contributed by atoms with van der Waals surface area (Å²) in [6, 6.07) is 22.0. The van der Waals surface area contributed by atoms with Crippen molar-refractivity contribution in [2.45, 2.75) is 80.3 Å². The third-order valence-corrected chi connectivity index (χ3v) is 9.30. The van der Waals surface area contributed by atoms with Crippen molar-refractivity contribution >= 4 is 5.91 Å². The molecule has 2 aromatic carbocycles. The summed E-state index contributed by atoms with van der Waals surface area (Å²) in [5.41, 5.74) is 2.69. The van der Waals surface area contributed by atoms with Gasteiger partial charge >= 0.3 is 0 Å². The maximum atomic E-state index is 12.6. The van der Waals surface area contributed by atoms with Crippen LogP contribution in [-0.4, -0.2) is 35.3 Å². The van der Waals surface area contributed by atoms with Crippen LogP contribution in [0.4, 0.5) is 0 Å². The molecule has 37 heavy (non-hydrogen) atoms. The molecule has 3 nitrogen and oxygen atoms in total. The minimum absolute atomic E-state index is 0.187. The molecule has 2 saturated heterocycles. The predicted octanol–water partition coefficient (Wildman–Crippen LogP) is 8.25. The molecule has 0 N–H and O–H groups in total. The number of hydrogen-bond acceptors (Lipinski definition) is 2. The molecule has 6 atom stereocenters. The Hall–Kier alpha value is -2.13. The van der Waals surface area contributed by atoms with E-state index in [-0.39, 0.29) is 12.0 Å². The fourth-order valence-electron chi connectivity index (χ4n) is 6.63. The van der Waals surface area contributed by atoms with Gasteiger partial charge in [-0.3, -0.25) is 9.69 Å². The van der Waals surface area contributed by atoms with E-state index in [1.807, 2.05) is 18.2 Å². The first-order chi connectivity index (χ1) is 17.7. The van der Waals surface area contributed by atoms with Crippen molar-refractivity contribution in [3.05, 3.63) is 71.8 Å². The van der Waals surface area contributed by atoms with Crippen molar-refractivity contribution in [3.63, 3.8) is 0 Å². The second-order valence-corrected chi connectivity index (χ2v) is 12.1. The monoisotopic (exact) mass is 504 g/mol. The molecule has 0 aliphatic carbocycles. The molecule has 2 heterocycles. The lowest BCUT2D eigenvalue weighted by Gasteiger charge is -2.25. The van der Waals surface area contributed by atoms with Crippen molar-refractivity contribution in [1.29, 1.82) is 0 Å². The molecule has 2 aliphatic heterocycles. The van der Waals surface area contributed by atoms with Gasteiger partial charge in [-0.05, 0) is 61.0 Å². The van der Waals surface area contributed by atoms with Crippen molar-refractivity contribution in [3.8, 4) is 0 Å². The zero-order chi connectivity index (χ0) is 27.1. The molecule has 0 spiro atoms. The van der Waals surface area contributed by atoms with Gasteiger partial charge in [-0.2, -0.15) is 0 Å². The zero-order valence-corrected chi connectivity index (χ0v) is 24.7. The first-order valence-electron chi connectivity index (χ1n) is 14.8. The van der Waals surface area contributed by atoms with Crippen molar-refractivity contribution in [2.24, 2.45) is 35.5 Å². The SMILES string of the molecule is CC[C@@H]1C(=O)N([C@H](C)c2ccccc2)C[C@@H]1C(C)C.CC[C@@H]1CN([C@H](C)c2ccccc2)C[C@@H]1C(C)C. The molecule has 0 bridgehead atoms. The van der Waals surface area contributed by atoms with E-state index in [1.165, 1.54) is 30.6 Å². The van der Waals surface area contributed by atoms with Gasteiger partial charge in [0.2, 0.25) is 5.91 Å². The Bertz CT molecular complexity index is 941. The number of benzene rings is 2. The lowest BCUT2D eigenvalue weighted by Crippen LogP contribution is -2.30. The van der Waals surface area contributed by atoms with E-state index in [0.717, 1.165) is 30.7 Å². The van der Waals surface area contributed by atoms with E-state index < -0.39 is 0 Å². The van der Waals surface area contributed by atoms with Gasteiger partial charge in [-0.1, -0.05) is 109 Å². The topological polar surface area (TPSA) is 23.6 Å². The van der Waals surface area contributed by atoms with E-state index in [9.17, 15) is 4.79 Å². The fourth-order valence-corrected chi connectivity index (χ4v) is 6.63. The minimum Gasteiger partial charge on any atom is -0.335 e. The van der Waals surface area contributed by atoms with Gasteiger partial charge in [0.25, 0.3) is 0 Å². The van der Waals surface area contributed by atoms with Crippen LogP contribution in [-0.2, 0) is 4.79 Å². The van der Waals surface area contributed by atoms with Crippen LogP contribution in [0.5, 0.6) is 0 Å². The maximum absolute atomic E-state index is 12.6. The summed E-state index contributed by atoms with van der Waals surface area (Å²) in [5, 5.41) is 0. The molecule has 204 valence electrons. The van der Waals surface area contributed by atoms with Gasteiger partial charge in [-0.15, -0.1) is 0 Å². The molecule has 1 amide bonds.